The molecule has 1 heterocycles. The van der Waals surface area contributed by atoms with Gasteiger partial charge in [-0.15, -0.1) is 0 Å². The lowest BCUT2D eigenvalue weighted by Gasteiger charge is -2.36. The van der Waals surface area contributed by atoms with Gasteiger partial charge in [-0.05, 0) is 26.0 Å². The number of hydrogen-bond donors (Lipinski definition) is 1. The summed E-state index contributed by atoms with van der Waals surface area (Å²) in [6.07, 6.45) is 0.122. The fourth-order valence-corrected chi connectivity index (χ4v) is 2.33. The second kappa shape index (κ2) is 4.81. The minimum atomic E-state index is -0.392. The molecule has 1 aliphatic heterocycles. The standard InChI is InChI=1S/C12H17N3O3/c1-8-6-14(7-9(2)18-8)11-4-3-10(13)5-12(11)15(16)17/h3-5,8-9H,6-7,13H2,1-2H3/t8-,9-/m0/s1. The van der Waals surface area contributed by atoms with Crippen molar-refractivity contribution in [2.24, 2.45) is 0 Å². The number of nitro groups is 1. The highest BCUT2D eigenvalue weighted by molar-refractivity contribution is 5.68. The molecule has 1 aromatic rings. The van der Waals surface area contributed by atoms with E-state index in [1.165, 1.54) is 6.07 Å². The summed E-state index contributed by atoms with van der Waals surface area (Å²) >= 11 is 0. The summed E-state index contributed by atoms with van der Waals surface area (Å²) < 4.78 is 5.63. The molecule has 6 nitrogen and oxygen atoms in total. The first-order chi connectivity index (χ1) is 8.47. The zero-order valence-electron chi connectivity index (χ0n) is 10.5. The second-order valence-electron chi connectivity index (χ2n) is 4.67. The highest BCUT2D eigenvalue weighted by Gasteiger charge is 2.27. The van der Waals surface area contributed by atoms with Crippen LogP contribution >= 0.6 is 0 Å². The molecule has 0 radical (unpaired) electrons. The first kappa shape index (κ1) is 12.6. The van der Waals surface area contributed by atoms with Gasteiger partial charge in [0.05, 0.1) is 17.1 Å². The Labute approximate surface area is 105 Å². The van der Waals surface area contributed by atoms with Crippen LogP contribution in [0.5, 0.6) is 0 Å². The van der Waals surface area contributed by atoms with Crippen LogP contribution in [-0.4, -0.2) is 30.2 Å². The summed E-state index contributed by atoms with van der Waals surface area (Å²) in [6, 6.07) is 4.80. The van der Waals surface area contributed by atoms with Gasteiger partial charge in [-0.3, -0.25) is 10.1 Å². The normalized spacial score (nSPS) is 24.0. The molecule has 0 aromatic heterocycles. The van der Waals surface area contributed by atoms with Gasteiger partial charge in [-0.2, -0.15) is 0 Å². The van der Waals surface area contributed by atoms with E-state index < -0.39 is 4.92 Å². The number of nitrogens with zero attached hydrogens (tertiary/aromatic N) is 2. The number of nitro benzene ring substituents is 1. The zero-order chi connectivity index (χ0) is 13.3. The molecule has 98 valence electrons. The van der Waals surface area contributed by atoms with Crippen LogP contribution in [0.2, 0.25) is 0 Å². The summed E-state index contributed by atoms with van der Waals surface area (Å²) in [5, 5.41) is 11.1. The smallest absolute Gasteiger partial charge is 0.294 e. The van der Waals surface area contributed by atoms with E-state index in [4.69, 9.17) is 10.5 Å². The predicted octanol–water partition coefficient (Wildman–Crippen LogP) is 1.79. The van der Waals surface area contributed by atoms with Gasteiger partial charge in [-0.1, -0.05) is 0 Å². The maximum Gasteiger partial charge on any atom is 0.294 e. The quantitative estimate of drug-likeness (QED) is 0.492. The van der Waals surface area contributed by atoms with Crippen LogP contribution in [0.25, 0.3) is 0 Å². The predicted molar refractivity (Wildman–Crippen MR) is 69.7 cm³/mol. The number of ether oxygens (including phenoxy) is 1. The summed E-state index contributed by atoms with van der Waals surface area (Å²) in [5.41, 5.74) is 6.66. The van der Waals surface area contributed by atoms with E-state index in [1.54, 1.807) is 12.1 Å². The van der Waals surface area contributed by atoms with Crippen LogP contribution < -0.4 is 10.6 Å². The van der Waals surface area contributed by atoms with Gasteiger partial charge in [0.1, 0.15) is 5.69 Å². The third kappa shape index (κ3) is 2.53. The molecule has 0 aliphatic carbocycles. The van der Waals surface area contributed by atoms with Crippen molar-refractivity contribution >= 4 is 17.1 Å². The topological polar surface area (TPSA) is 81.6 Å². The molecule has 1 saturated heterocycles. The minimum Gasteiger partial charge on any atom is -0.399 e. The SMILES string of the molecule is C[C@H]1CN(c2ccc(N)cc2[N+](=O)[O-])C[C@H](C)O1. The van der Waals surface area contributed by atoms with Crippen molar-refractivity contribution in [3.8, 4) is 0 Å². The monoisotopic (exact) mass is 251 g/mol. The van der Waals surface area contributed by atoms with E-state index in [-0.39, 0.29) is 17.9 Å². The minimum absolute atomic E-state index is 0.0521. The van der Waals surface area contributed by atoms with E-state index in [1.807, 2.05) is 18.7 Å². The number of nitrogen functional groups attached to an aromatic ring is 1. The fourth-order valence-electron chi connectivity index (χ4n) is 2.33. The Hall–Kier alpha value is -1.82. The lowest BCUT2D eigenvalue weighted by atomic mass is 10.1. The zero-order valence-corrected chi connectivity index (χ0v) is 10.5. The van der Waals surface area contributed by atoms with Crippen molar-refractivity contribution < 1.29 is 9.66 Å². The molecule has 1 fully saturated rings. The number of morpholine rings is 1. The summed E-state index contributed by atoms with van der Waals surface area (Å²) in [4.78, 5) is 12.7. The third-order valence-electron chi connectivity index (χ3n) is 2.96. The number of nitrogens with two attached hydrogens (primary N) is 1. The van der Waals surface area contributed by atoms with Crippen LogP contribution in [0.4, 0.5) is 17.1 Å². The largest absolute Gasteiger partial charge is 0.399 e. The van der Waals surface area contributed by atoms with Crippen LogP contribution in [0.15, 0.2) is 18.2 Å². The summed E-state index contributed by atoms with van der Waals surface area (Å²) in [7, 11) is 0. The van der Waals surface area contributed by atoms with Crippen molar-refractivity contribution in [2.75, 3.05) is 23.7 Å². The van der Waals surface area contributed by atoms with Crippen molar-refractivity contribution in [3.63, 3.8) is 0 Å². The van der Waals surface area contributed by atoms with Gasteiger partial charge in [0.2, 0.25) is 0 Å². The van der Waals surface area contributed by atoms with E-state index in [9.17, 15) is 10.1 Å². The van der Waals surface area contributed by atoms with Crippen molar-refractivity contribution in [2.45, 2.75) is 26.1 Å². The Morgan fingerprint density at radius 3 is 2.56 bits per heavy atom. The van der Waals surface area contributed by atoms with E-state index in [0.29, 0.717) is 24.5 Å². The van der Waals surface area contributed by atoms with Crippen LogP contribution in [0.3, 0.4) is 0 Å². The van der Waals surface area contributed by atoms with E-state index >= 15 is 0 Å². The molecule has 2 N–H and O–H groups in total. The van der Waals surface area contributed by atoms with Gasteiger partial charge in [0, 0.05) is 24.8 Å². The molecule has 1 aliphatic rings. The average molecular weight is 251 g/mol. The number of anilines is 2. The Bertz CT molecular complexity index is 454. The van der Waals surface area contributed by atoms with Crippen molar-refractivity contribution in [1.82, 2.24) is 0 Å². The third-order valence-corrected chi connectivity index (χ3v) is 2.96. The molecule has 0 amide bonds. The fraction of sp³-hybridized carbons (Fsp3) is 0.500. The van der Waals surface area contributed by atoms with Crippen LogP contribution in [0, 0.1) is 10.1 Å². The molecule has 2 rings (SSSR count). The molecule has 0 unspecified atom stereocenters. The Kier molecular flexibility index (Phi) is 3.38. The first-order valence-corrected chi connectivity index (χ1v) is 5.91. The molecule has 0 bridgehead atoms. The second-order valence-corrected chi connectivity index (χ2v) is 4.67. The Morgan fingerprint density at radius 1 is 1.39 bits per heavy atom. The number of benzene rings is 1. The van der Waals surface area contributed by atoms with Crippen LogP contribution in [-0.2, 0) is 4.74 Å². The van der Waals surface area contributed by atoms with Gasteiger partial charge in [0.15, 0.2) is 0 Å². The summed E-state index contributed by atoms with van der Waals surface area (Å²) in [5.74, 6) is 0. The average Bonchev–Trinajstić information content (AvgIpc) is 2.27. The molecule has 6 heteroatoms. The molecule has 1 aromatic carbocycles. The Balaban J connectivity index is 2.35. The number of rotatable bonds is 2. The molecule has 18 heavy (non-hydrogen) atoms. The van der Waals surface area contributed by atoms with E-state index in [0.717, 1.165) is 0 Å². The van der Waals surface area contributed by atoms with Gasteiger partial charge in [-0.25, -0.2) is 0 Å². The molecule has 0 saturated carbocycles. The molecular weight excluding hydrogens is 234 g/mol. The lowest BCUT2D eigenvalue weighted by molar-refractivity contribution is -0.384. The molecule has 2 atom stereocenters. The maximum atomic E-state index is 11.1. The number of hydrogen-bond acceptors (Lipinski definition) is 5. The van der Waals surface area contributed by atoms with Gasteiger partial charge >= 0.3 is 0 Å². The first-order valence-electron chi connectivity index (χ1n) is 5.91. The van der Waals surface area contributed by atoms with Crippen molar-refractivity contribution in [3.05, 3.63) is 28.3 Å². The maximum absolute atomic E-state index is 11.1. The lowest BCUT2D eigenvalue weighted by Crippen LogP contribution is -2.45. The highest BCUT2D eigenvalue weighted by Crippen LogP contribution is 2.32. The molecule has 0 spiro atoms. The van der Waals surface area contributed by atoms with Gasteiger partial charge < -0.3 is 15.4 Å². The van der Waals surface area contributed by atoms with Crippen molar-refractivity contribution in [1.29, 1.82) is 0 Å². The Morgan fingerprint density at radius 2 is 2.00 bits per heavy atom. The summed E-state index contributed by atoms with van der Waals surface area (Å²) in [6.45, 7) is 5.22. The molecular formula is C12H17N3O3. The van der Waals surface area contributed by atoms with Gasteiger partial charge in [0.25, 0.3) is 5.69 Å². The van der Waals surface area contributed by atoms with E-state index in [2.05, 4.69) is 0 Å². The highest BCUT2D eigenvalue weighted by atomic mass is 16.6. The van der Waals surface area contributed by atoms with Crippen LogP contribution in [0.1, 0.15) is 13.8 Å².